The van der Waals surface area contributed by atoms with E-state index in [1.54, 1.807) is 25.1 Å². The van der Waals surface area contributed by atoms with Crippen molar-refractivity contribution in [1.82, 2.24) is 0 Å². The van der Waals surface area contributed by atoms with Crippen LogP contribution in [0.15, 0.2) is 65.6 Å². The highest BCUT2D eigenvalue weighted by Crippen LogP contribution is 2.38. The van der Waals surface area contributed by atoms with Crippen LogP contribution in [-0.4, -0.2) is 20.2 Å². The molecule has 1 aliphatic heterocycles. The van der Waals surface area contributed by atoms with Gasteiger partial charge in [-0.25, -0.2) is 8.42 Å². The lowest BCUT2D eigenvalue weighted by Crippen LogP contribution is -2.15. The second-order valence-corrected chi connectivity index (χ2v) is 9.06. The first-order chi connectivity index (χ1) is 15.2. The first-order valence-corrected chi connectivity index (χ1v) is 11.5. The molecule has 0 bridgehead atoms. The molecule has 0 aliphatic carbocycles. The van der Waals surface area contributed by atoms with E-state index in [0.717, 1.165) is 0 Å². The Morgan fingerprint density at radius 2 is 1.69 bits per heavy atom. The molecule has 0 radical (unpaired) electrons. The molecule has 0 unspecified atom stereocenters. The van der Waals surface area contributed by atoms with E-state index in [2.05, 4.69) is 15.4 Å². The third kappa shape index (κ3) is 4.53. The Labute approximate surface area is 189 Å². The molecule has 0 saturated heterocycles. The molecule has 4 rings (SSSR count). The number of benzene rings is 3. The zero-order valence-corrected chi connectivity index (χ0v) is 18.4. The minimum Gasteiger partial charge on any atom is -0.454 e. The fourth-order valence-electron chi connectivity index (χ4n) is 3.04. The maximum Gasteiger partial charge on any atom is 0.261 e. The number of fused-ring (bicyclic) bond motifs is 2. The summed E-state index contributed by atoms with van der Waals surface area (Å²) in [4.78, 5) is 24.1. The first-order valence-electron chi connectivity index (χ1n) is 9.61. The van der Waals surface area contributed by atoms with Gasteiger partial charge in [0, 0.05) is 22.8 Å². The Morgan fingerprint density at radius 3 is 2.41 bits per heavy atom. The number of carbonyl (C=O) groups is 2. The lowest BCUT2D eigenvalue weighted by atomic mass is 10.1. The third-order valence-corrected chi connectivity index (χ3v) is 6.29. The maximum absolute atomic E-state index is 12.8. The summed E-state index contributed by atoms with van der Waals surface area (Å²) >= 11 is 5.98. The van der Waals surface area contributed by atoms with E-state index in [1.165, 1.54) is 42.5 Å². The van der Waals surface area contributed by atoms with Crippen LogP contribution in [0.2, 0.25) is 5.02 Å². The van der Waals surface area contributed by atoms with E-state index < -0.39 is 15.9 Å². The average Bonchev–Trinajstić information content (AvgIpc) is 2.89. The van der Waals surface area contributed by atoms with Crippen LogP contribution in [0.4, 0.5) is 17.1 Å². The zero-order chi connectivity index (χ0) is 22.9. The van der Waals surface area contributed by atoms with Crippen LogP contribution in [0.5, 0.6) is 11.5 Å². The third-order valence-electron chi connectivity index (χ3n) is 4.66. The van der Waals surface area contributed by atoms with Gasteiger partial charge in [-0.2, -0.15) is 0 Å². The van der Waals surface area contributed by atoms with Crippen molar-refractivity contribution in [3.05, 3.63) is 71.2 Å². The zero-order valence-electron chi connectivity index (χ0n) is 16.8. The molecule has 0 spiro atoms. The average molecular weight is 472 g/mol. The minimum absolute atomic E-state index is 0.00434. The Bertz CT molecular complexity index is 1320. The summed E-state index contributed by atoms with van der Waals surface area (Å²) in [5, 5.41) is 5.80. The van der Waals surface area contributed by atoms with Crippen LogP contribution >= 0.6 is 11.6 Å². The highest BCUT2D eigenvalue weighted by Gasteiger charge is 2.23. The van der Waals surface area contributed by atoms with E-state index in [4.69, 9.17) is 16.3 Å². The number of amides is 2. The van der Waals surface area contributed by atoms with Crippen LogP contribution in [0.3, 0.4) is 0 Å². The van der Waals surface area contributed by atoms with Crippen molar-refractivity contribution >= 4 is 50.5 Å². The summed E-state index contributed by atoms with van der Waals surface area (Å²) < 4.78 is 33.8. The van der Waals surface area contributed by atoms with E-state index in [1.807, 2.05) is 0 Å². The molecule has 1 heterocycles. The fraction of sp³-hybridized carbons (Fsp3) is 0.0909. The van der Waals surface area contributed by atoms with Crippen LogP contribution in [0, 0.1) is 0 Å². The van der Waals surface area contributed by atoms with Crippen molar-refractivity contribution < 1.29 is 22.7 Å². The van der Waals surface area contributed by atoms with Crippen LogP contribution < -0.4 is 20.1 Å². The van der Waals surface area contributed by atoms with Crippen LogP contribution in [-0.2, 0) is 14.8 Å². The molecule has 3 N–H and O–H groups in total. The standard InChI is InChI=1S/C22H18ClN3O5S/c1-2-21(27)24-14-4-7-16(8-5-14)32(29,30)26-15-6-10-19-17(12-15)22(28)25-18-11-13(23)3-9-20(18)31-19/h3-12,26H,2H2,1H3,(H,24,27)(H,25,28). The molecule has 164 valence electrons. The second kappa shape index (κ2) is 8.52. The first kappa shape index (κ1) is 21.7. The molecule has 0 atom stereocenters. The van der Waals surface area contributed by atoms with Gasteiger partial charge in [-0.05, 0) is 60.7 Å². The topological polar surface area (TPSA) is 114 Å². The number of sulfonamides is 1. The Hall–Kier alpha value is -3.56. The van der Waals surface area contributed by atoms with Gasteiger partial charge >= 0.3 is 0 Å². The minimum atomic E-state index is -3.93. The Morgan fingerprint density at radius 1 is 1.00 bits per heavy atom. The van der Waals surface area contributed by atoms with Gasteiger partial charge in [0.15, 0.2) is 5.75 Å². The molecular weight excluding hydrogens is 454 g/mol. The molecular formula is C22H18ClN3O5S. The molecule has 0 aromatic heterocycles. The molecule has 1 aliphatic rings. The van der Waals surface area contributed by atoms with Gasteiger partial charge in [-0.3, -0.25) is 14.3 Å². The number of nitrogens with one attached hydrogen (secondary N) is 3. The Kier molecular flexibility index (Phi) is 5.77. The Balaban J connectivity index is 1.57. The molecule has 0 fully saturated rings. The number of anilines is 3. The predicted octanol–water partition coefficient (Wildman–Crippen LogP) is 4.85. The molecule has 2 amide bonds. The second-order valence-electron chi connectivity index (χ2n) is 6.94. The number of ether oxygens (including phenoxy) is 1. The van der Waals surface area contributed by atoms with Crippen molar-refractivity contribution in [3.63, 3.8) is 0 Å². The molecule has 8 nitrogen and oxygen atoms in total. The van der Waals surface area contributed by atoms with Gasteiger partial charge < -0.3 is 15.4 Å². The smallest absolute Gasteiger partial charge is 0.261 e. The fourth-order valence-corrected chi connectivity index (χ4v) is 4.26. The van der Waals surface area contributed by atoms with Crippen molar-refractivity contribution in [2.45, 2.75) is 18.2 Å². The summed E-state index contributed by atoms with van der Waals surface area (Å²) in [6.07, 6.45) is 0.315. The van der Waals surface area contributed by atoms with Gasteiger partial charge in [0.2, 0.25) is 5.91 Å². The number of hydrogen-bond donors (Lipinski definition) is 3. The molecule has 3 aromatic rings. The normalized spacial score (nSPS) is 12.5. The van der Waals surface area contributed by atoms with Gasteiger partial charge in [-0.1, -0.05) is 18.5 Å². The van der Waals surface area contributed by atoms with E-state index >= 15 is 0 Å². The number of hydrogen-bond acceptors (Lipinski definition) is 5. The van der Waals surface area contributed by atoms with E-state index in [0.29, 0.717) is 28.6 Å². The predicted molar refractivity (Wildman–Crippen MR) is 122 cm³/mol. The van der Waals surface area contributed by atoms with Crippen molar-refractivity contribution in [1.29, 1.82) is 0 Å². The number of halogens is 1. The summed E-state index contributed by atoms with van der Waals surface area (Å²) in [5.41, 5.74) is 1.26. The van der Waals surface area contributed by atoms with E-state index in [9.17, 15) is 18.0 Å². The highest BCUT2D eigenvalue weighted by molar-refractivity contribution is 7.92. The van der Waals surface area contributed by atoms with Crippen molar-refractivity contribution in [3.8, 4) is 11.5 Å². The summed E-state index contributed by atoms with van der Waals surface area (Å²) in [7, 11) is -3.93. The van der Waals surface area contributed by atoms with Gasteiger partial charge in [-0.15, -0.1) is 0 Å². The lowest BCUT2D eigenvalue weighted by Gasteiger charge is -2.12. The monoisotopic (exact) mass is 471 g/mol. The molecule has 3 aromatic carbocycles. The lowest BCUT2D eigenvalue weighted by molar-refractivity contribution is -0.115. The number of rotatable bonds is 5. The van der Waals surface area contributed by atoms with Crippen LogP contribution in [0.1, 0.15) is 23.7 Å². The van der Waals surface area contributed by atoms with Crippen molar-refractivity contribution in [2.24, 2.45) is 0 Å². The van der Waals surface area contributed by atoms with Crippen LogP contribution in [0.25, 0.3) is 0 Å². The summed E-state index contributed by atoms with van der Waals surface area (Å²) in [5.74, 6) is 0.0688. The molecule has 0 saturated carbocycles. The molecule has 10 heteroatoms. The molecule has 32 heavy (non-hydrogen) atoms. The summed E-state index contributed by atoms with van der Waals surface area (Å²) in [6, 6.07) is 15.0. The maximum atomic E-state index is 12.8. The van der Waals surface area contributed by atoms with E-state index in [-0.39, 0.29) is 27.8 Å². The highest BCUT2D eigenvalue weighted by atomic mass is 35.5. The number of carbonyl (C=O) groups excluding carboxylic acids is 2. The summed E-state index contributed by atoms with van der Waals surface area (Å²) in [6.45, 7) is 1.72. The quantitative estimate of drug-likeness (QED) is 0.492. The SMILES string of the molecule is CCC(=O)Nc1ccc(S(=O)(=O)Nc2ccc3c(c2)C(=O)Nc2cc(Cl)ccc2O3)cc1. The van der Waals surface area contributed by atoms with Gasteiger partial charge in [0.05, 0.1) is 16.1 Å². The van der Waals surface area contributed by atoms with Crippen molar-refractivity contribution in [2.75, 3.05) is 15.4 Å². The largest absolute Gasteiger partial charge is 0.454 e. The van der Waals surface area contributed by atoms with Gasteiger partial charge in [0.25, 0.3) is 15.9 Å². The van der Waals surface area contributed by atoms with Gasteiger partial charge in [0.1, 0.15) is 5.75 Å².